The lowest BCUT2D eigenvalue weighted by molar-refractivity contribution is -0.118. The molecule has 0 saturated heterocycles. The highest BCUT2D eigenvalue weighted by Crippen LogP contribution is 2.29. The van der Waals surface area contributed by atoms with Crippen molar-refractivity contribution in [3.8, 4) is 23.3 Å². The molecule has 0 aliphatic heterocycles. The molecular weight excluding hydrogens is 458 g/mol. The van der Waals surface area contributed by atoms with Gasteiger partial charge in [-0.2, -0.15) is 5.26 Å². The molecule has 0 spiro atoms. The first-order valence-corrected chi connectivity index (χ1v) is 11.2. The van der Waals surface area contributed by atoms with Crippen LogP contribution in [0.5, 0.6) is 17.2 Å². The number of methoxy groups -OCH3 is 1. The average Bonchev–Trinajstić information content (AvgIpc) is 2.87. The van der Waals surface area contributed by atoms with Crippen LogP contribution in [0.15, 0.2) is 72.3 Å². The Kier molecular flexibility index (Phi) is 9.06. The van der Waals surface area contributed by atoms with Crippen LogP contribution in [0, 0.1) is 18.3 Å². The number of amides is 2. The van der Waals surface area contributed by atoms with Crippen molar-refractivity contribution < 1.29 is 23.8 Å². The number of anilines is 2. The Balaban J connectivity index is 1.69. The van der Waals surface area contributed by atoms with E-state index in [0.717, 1.165) is 5.56 Å². The van der Waals surface area contributed by atoms with Crippen LogP contribution in [-0.2, 0) is 9.59 Å². The first-order chi connectivity index (χ1) is 17.4. The van der Waals surface area contributed by atoms with Gasteiger partial charge in [-0.05, 0) is 79.6 Å². The third-order valence-corrected chi connectivity index (χ3v) is 4.95. The summed E-state index contributed by atoms with van der Waals surface area (Å²) < 4.78 is 16.4. The van der Waals surface area contributed by atoms with Gasteiger partial charge in [0.15, 0.2) is 18.1 Å². The van der Waals surface area contributed by atoms with E-state index in [2.05, 4.69) is 10.6 Å². The molecule has 3 aromatic carbocycles. The van der Waals surface area contributed by atoms with Crippen molar-refractivity contribution in [1.82, 2.24) is 0 Å². The largest absolute Gasteiger partial charge is 0.497 e. The highest BCUT2D eigenvalue weighted by atomic mass is 16.5. The van der Waals surface area contributed by atoms with Gasteiger partial charge in [0.1, 0.15) is 17.4 Å². The van der Waals surface area contributed by atoms with Crippen LogP contribution in [0.3, 0.4) is 0 Å². The van der Waals surface area contributed by atoms with Gasteiger partial charge in [-0.3, -0.25) is 9.59 Å². The zero-order valence-electron chi connectivity index (χ0n) is 20.3. The van der Waals surface area contributed by atoms with Gasteiger partial charge in [-0.1, -0.05) is 18.2 Å². The van der Waals surface area contributed by atoms with Crippen LogP contribution in [0.4, 0.5) is 11.4 Å². The molecule has 0 aliphatic carbocycles. The molecule has 2 N–H and O–H groups in total. The summed E-state index contributed by atoms with van der Waals surface area (Å²) in [6, 6.07) is 21.1. The van der Waals surface area contributed by atoms with Gasteiger partial charge < -0.3 is 24.8 Å². The third-order valence-electron chi connectivity index (χ3n) is 4.95. The van der Waals surface area contributed by atoms with E-state index in [1.807, 2.05) is 38.1 Å². The van der Waals surface area contributed by atoms with Crippen LogP contribution in [-0.4, -0.2) is 32.1 Å². The smallest absolute Gasteiger partial charge is 0.266 e. The molecule has 184 valence electrons. The van der Waals surface area contributed by atoms with Crippen LogP contribution < -0.4 is 24.8 Å². The summed E-state index contributed by atoms with van der Waals surface area (Å²) in [6.07, 6.45) is 1.47. The predicted octanol–water partition coefficient (Wildman–Crippen LogP) is 4.97. The summed E-state index contributed by atoms with van der Waals surface area (Å²) in [5.74, 6) is 0.580. The van der Waals surface area contributed by atoms with Gasteiger partial charge in [-0.25, -0.2) is 0 Å². The Hall–Kier alpha value is -4.77. The minimum Gasteiger partial charge on any atom is -0.497 e. The van der Waals surface area contributed by atoms with Crippen LogP contribution in [0.1, 0.15) is 18.1 Å². The molecule has 0 unspecified atom stereocenters. The first kappa shape index (κ1) is 25.8. The maximum atomic E-state index is 12.6. The molecule has 0 heterocycles. The van der Waals surface area contributed by atoms with E-state index in [-0.39, 0.29) is 18.1 Å². The zero-order valence-corrected chi connectivity index (χ0v) is 20.3. The van der Waals surface area contributed by atoms with Gasteiger partial charge in [-0.15, -0.1) is 0 Å². The van der Waals surface area contributed by atoms with E-state index in [1.165, 1.54) is 6.08 Å². The molecule has 0 aliphatic rings. The fourth-order valence-corrected chi connectivity index (χ4v) is 3.25. The molecule has 3 aromatic rings. The topological polar surface area (TPSA) is 110 Å². The number of nitrogens with zero attached hydrogens (tertiary/aromatic N) is 1. The molecule has 8 heteroatoms. The summed E-state index contributed by atoms with van der Waals surface area (Å²) in [5, 5.41) is 15.0. The lowest BCUT2D eigenvalue weighted by atomic mass is 10.1. The number of aryl methyl sites for hydroxylation is 1. The maximum Gasteiger partial charge on any atom is 0.266 e. The average molecular weight is 486 g/mol. The molecular formula is C28H27N3O5. The van der Waals surface area contributed by atoms with E-state index in [1.54, 1.807) is 55.6 Å². The molecule has 0 saturated carbocycles. The quantitative estimate of drug-likeness (QED) is 0.310. The Morgan fingerprint density at radius 3 is 2.39 bits per heavy atom. The number of hydrogen-bond donors (Lipinski definition) is 2. The van der Waals surface area contributed by atoms with Crippen molar-refractivity contribution in [2.24, 2.45) is 0 Å². The van der Waals surface area contributed by atoms with E-state index < -0.39 is 5.91 Å². The molecule has 0 atom stereocenters. The van der Waals surface area contributed by atoms with Gasteiger partial charge in [0.2, 0.25) is 0 Å². The number of benzene rings is 3. The zero-order chi connectivity index (χ0) is 25.9. The second-order valence-electron chi connectivity index (χ2n) is 7.70. The molecule has 0 aromatic heterocycles. The van der Waals surface area contributed by atoms with Crippen molar-refractivity contribution in [2.45, 2.75) is 13.8 Å². The second-order valence-corrected chi connectivity index (χ2v) is 7.70. The van der Waals surface area contributed by atoms with E-state index in [4.69, 9.17) is 14.2 Å². The van der Waals surface area contributed by atoms with Crippen molar-refractivity contribution in [3.63, 3.8) is 0 Å². The number of nitriles is 1. The standard InChI is InChI=1S/C28H27N3O5/c1-4-35-26-16-20(15-21(17-29)28(33)31-23-7-5-6-19(2)14-23)8-13-25(26)36-18-27(32)30-22-9-11-24(34-3)12-10-22/h5-16H,4,18H2,1-3H3,(H,30,32)(H,31,33)/b21-15+. The molecule has 2 amide bonds. The van der Waals surface area contributed by atoms with Gasteiger partial charge in [0, 0.05) is 11.4 Å². The van der Waals surface area contributed by atoms with E-state index >= 15 is 0 Å². The van der Waals surface area contributed by atoms with Crippen molar-refractivity contribution in [3.05, 3.63) is 83.4 Å². The third kappa shape index (κ3) is 7.37. The number of rotatable bonds is 10. The van der Waals surface area contributed by atoms with Crippen molar-refractivity contribution in [1.29, 1.82) is 5.26 Å². The van der Waals surface area contributed by atoms with Crippen molar-refractivity contribution in [2.75, 3.05) is 31.0 Å². The molecule has 3 rings (SSSR count). The number of hydrogen-bond acceptors (Lipinski definition) is 6. The Bertz CT molecular complexity index is 1290. The maximum absolute atomic E-state index is 12.6. The Morgan fingerprint density at radius 2 is 1.72 bits per heavy atom. The Labute approximate surface area is 210 Å². The highest BCUT2D eigenvalue weighted by Gasteiger charge is 2.13. The van der Waals surface area contributed by atoms with Crippen molar-refractivity contribution >= 4 is 29.3 Å². The normalized spacial score (nSPS) is 10.7. The molecule has 8 nitrogen and oxygen atoms in total. The fraction of sp³-hybridized carbons (Fsp3) is 0.179. The van der Waals surface area contributed by atoms with Gasteiger partial charge in [0.25, 0.3) is 11.8 Å². The van der Waals surface area contributed by atoms with E-state index in [9.17, 15) is 14.9 Å². The number of carbonyl (C=O) groups excluding carboxylic acids is 2. The number of nitrogens with one attached hydrogen (secondary N) is 2. The van der Waals surface area contributed by atoms with Crippen LogP contribution in [0.25, 0.3) is 6.08 Å². The van der Waals surface area contributed by atoms with Gasteiger partial charge in [0.05, 0.1) is 13.7 Å². The summed E-state index contributed by atoms with van der Waals surface area (Å²) >= 11 is 0. The summed E-state index contributed by atoms with van der Waals surface area (Å²) in [4.78, 5) is 24.9. The SMILES string of the molecule is CCOc1cc(/C=C(\C#N)C(=O)Nc2cccc(C)c2)ccc1OCC(=O)Nc1ccc(OC)cc1. The van der Waals surface area contributed by atoms with E-state index in [0.29, 0.717) is 40.8 Å². The minimum atomic E-state index is -0.517. The highest BCUT2D eigenvalue weighted by molar-refractivity contribution is 6.09. The number of carbonyl (C=O) groups is 2. The summed E-state index contributed by atoms with van der Waals surface area (Å²) in [7, 11) is 1.57. The first-order valence-electron chi connectivity index (χ1n) is 11.2. The molecule has 36 heavy (non-hydrogen) atoms. The lowest BCUT2D eigenvalue weighted by Gasteiger charge is -2.13. The second kappa shape index (κ2) is 12.6. The monoisotopic (exact) mass is 485 g/mol. The van der Waals surface area contributed by atoms with Gasteiger partial charge >= 0.3 is 0 Å². The predicted molar refractivity (Wildman–Crippen MR) is 138 cm³/mol. The minimum absolute atomic E-state index is 0.0634. The molecule has 0 fully saturated rings. The summed E-state index contributed by atoms with van der Waals surface area (Å²) in [5.41, 5.74) is 2.72. The lowest BCUT2D eigenvalue weighted by Crippen LogP contribution is -2.20. The number of ether oxygens (including phenoxy) is 3. The molecule has 0 radical (unpaired) electrons. The Morgan fingerprint density at radius 1 is 0.944 bits per heavy atom. The van der Waals surface area contributed by atoms with Crippen LogP contribution >= 0.6 is 0 Å². The van der Waals surface area contributed by atoms with Crippen LogP contribution in [0.2, 0.25) is 0 Å². The summed E-state index contributed by atoms with van der Waals surface area (Å²) in [6.45, 7) is 3.86. The fourth-order valence-electron chi connectivity index (χ4n) is 3.25. The molecule has 0 bridgehead atoms.